The van der Waals surface area contributed by atoms with Gasteiger partial charge in [0.05, 0.1) is 6.04 Å². The highest BCUT2D eigenvalue weighted by Gasteiger charge is 2.49. The van der Waals surface area contributed by atoms with Crippen molar-refractivity contribution in [2.45, 2.75) is 26.8 Å². The number of benzene rings is 2. The fourth-order valence-corrected chi connectivity index (χ4v) is 4.76. The number of likely N-dealkylation sites (tertiary alicyclic amines) is 2. The summed E-state index contributed by atoms with van der Waals surface area (Å²) in [4.78, 5) is 37.3. The number of rotatable bonds is 4. The van der Waals surface area contributed by atoms with Crippen molar-refractivity contribution in [1.29, 1.82) is 0 Å². The van der Waals surface area contributed by atoms with Crippen LogP contribution in [0.15, 0.2) is 48.5 Å². The minimum absolute atomic E-state index is 0.0119. The molecule has 2 fully saturated rings. The molecule has 170 valence electrons. The molecule has 3 atom stereocenters. The molecule has 0 saturated carbocycles. The molecule has 0 spiro atoms. The molecule has 0 unspecified atom stereocenters. The summed E-state index contributed by atoms with van der Waals surface area (Å²) >= 11 is 0. The van der Waals surface area contributed by atoms with Crippen molar-refractivity contribution in [3.05, 3.63) is 65.2 Å². The zero-order valence-electron chi connectivity index (χ0n) is 18.7. The summed E-state index contributed by atoms with van der Waals surface area (Å²) in [7, 11) is 0. The van der Waals surface area contributed by atoms with Crippen LogP contribution >= 0.6 is 0 Å². The largest absolute Gasteiger partial charge is 0.484 e. The minimum Gasteiger partial charge on any atom is -0.484 e. The van der Waals surface area contributed by atoms with Crippen LogP contribution in [0.1, 0.15) is 29.7 Å². The van der Waals surface area contributed by atoms with Gasteiger partial charge in [-0.1, -0.05) is 42.0 Å². The number of ether oxygens (including phenoxy) is 1. The van der Waals surface area contributed by atoms with Gasteiger partial charge in [-0.3, -0.25) is 14.4 Å². The Labute approximate surface area is 188 Å². The molecule has 7 heteroatoms. The second-order valence-electron chi connectivity index (χ2n) is 8.40. The van der Waals surface area contributed by atoms with E-state index in [0.717, 1.165) is 5.56 Å². The third kappa shape index (κ3) is 5.10. The molecule has 1 N–H and O–H groups in total. The fourth-order valence-electron chi connectivity index (χ4n) is 4.76. The van der Waals surface area contributed by atoms with Gasteiger partial charge in [-0.15, -0.1) is 0 Å². The lowest BCUT2D eigenvalue weighted by molar-refractivity contribution is -0.133. The van der Waals surface area contributed by atoms with Gasteiger partial charge in [0.2, 0.25) is 5.91 Å². The van der Waals surface area contributed by atoms with Gasteiger partial charge in [0, 0.05) is 38.4 Å². The van der Waals surface area contributed by atoms with E-state index >= 15 is 0 Å². The lowest BCUT2D eigenvalue weighted by Gasteiger charge is -2.30. The molecule has 2 aromatic carbocycles. The molecule has 7 nitrogen and oxygen atoms in total. The highest BCUT2D eigenvalue weighted by molar-refractivity contribution is 5.78. The average Bonchev–Trinajstić information content (AvgIpc) is 3.33. The fraction of sp³-hybridized carbons (Fsp3) is 0.400. The Balaban J connectivity index is 0.000000913. The molecule has 0 bridgehead atoms. The van der Waals surface area contributed by atoms with Crippen LogP contribution in [0.4, 0.5) is 0 Å². The Kier molecular flexibility index (Phi) is 7.51. The van der Waals surface area contributed by atoms with Gasteiger partial charge >= 0.3 is 0 Å². The van der Waals surface area contributed by atoms with E-state index in [1.165, 1.54) is 11.1 Å². The third-order valence-corrected chi connectivity index (χ3v) is 6.31. The van der Waals surface area contributed by atoms with Crippen LogP contribution in [-0.2, 0) is 14.4 Å². The Morgan fingerprint density at radius 3 is 2.34 bits per heavy atom. The second kappa shape index (κ2) is 10.3. The number of nitrogens with zero attached hydrogens (tertiary/aromatic N) is 2. The lowest BCUT2D eigenvalue weighted by atomic mass is 9.87. The molecule has 32 heavy (non-hydrogen) atoms. The van der Waals surface area contributed by atoms with Crippen molar-refractivity contribution in [3.8, 4) is 5.75 Å². The zero-order valence-corrected chi connectivity index (χ0v) is 18.7. The first kappa shape index (κ1) is 23.3. The number of amides is 2. The van der Waals surface area contributed by atoms with Crippen LogP contribution < -0.4 is 4.74 Å². The number of hydrogen-bond acceptors (Lipinski definition) is 4. The predicted molar refractivity (Wildman–Crippen MR) is 120 cm³/mol. The summed E-state index contributed by atoms with van der Waals surface area (Å²) in [6.45, 7) is 7.62. The van der Waals surface area contributed by atoms with Gasteiger partial charge < -0.3 is 19.6 Å². The van der Waals surface area contributed by atoms with E-state index in [4.69, 9.17) is 14.6 Å². The summed E-state index contributed by atoms with van der Waals surface area (Å²) in [6.07, 6.45) is 0. The molecular formula is C25H30N2O5. The van der Waals surface area contributed by atoms with E-state index in [1.54, 1.807) is 6.92 Å². The molecular weight excluding hydrogens is 408 g/mol. The lowest BCUT2D eigenvalue weighted by Crippen LogP contribution is -2.38. The summed E-state index contributed by atoms with van der Waals surface area (Å²) in [6, 6.07) is 16.0. The van der Waals surface area contributed by atoms with Gasteiger partial charge in [0.1, 0.15) is 5.75 Å². The number of carbonyl (C=O) groups excluding carboxylic acids is 2. The number of hydrogen-bond donors (Lipinski definition) is 1. The number of carbonyl (C=O) groups is 3. The van der Waals surface area contributed by atoms with Crippen molar-refractivity contribution in [2.75, 3.05) is 26.2 Å². The topological polar surface area (TPSA) is 87.2 Å². The molecule has 4 rings (SSSR count). The first-order chi connectivity index (χ1) is 15.3. The Bertz CT molecular complexity index is 959. The minimum atomic E-state index is -0.250. The van der Waals surface area contributed by atoms with Crippen LogP contribution in [0.3, 0.4) is 0 Å². The first-order valence-electron chi connectivity index (χ1n) is 10.7. The van der Waals surface area contributed by atoms with E-state index in [1.807, 2.05) is 53.1 Å². The summed E-state index contributed by atoms with van der Waals surface area (Å²) < 4.78 is 5.69. The van der Waals surface area contributed by atoms with Crippen molar-refractivity contribution in [3.63, 3.8) is 0 Å². The highest BCUT2D eigenvalue weighted by Crippen LogP contribution is 2.45. The normalized spacial score (nSPS) is 21.4. The SMILES string of the molecule is CC(=O)N1C[C@H]2CN(C(=O)COc3ccc(C)cc3)C[C@H]2[C@@H]1c1ccccc1C.O=CO. The van der Waals surface area contributed by atoms with E-state index in [9.17, 15) is 9.59 Å². The van der Waals surface area contributed by atoms with Crippen LogP contribution in [0.25, 0.3) is 0 Å². The van der Waals surface area contributed by atoms with Crippen LogP contribution in [-0.4, -0.2) is 59.4 Å². The number of carboxylic acid groups (broad SMARTS) is 1. The molecule has 0 aliphatic carbocycles. The second-order valence-corrected chi connectivity index (χ2v) is 8.40. The third-order valence-electron chi connectivity index (χ3n) is 6.31. The molecule has 0 aromatic heterocycles. The van der Waals surface area contributed by atoms with Crippen molar-refractivity contribution in [1.82, 2.24) is 9.80 Å². The smallest absolute Gasteiger partial charge is 0.290 e. The maximum absolute atomic E-state index is 12.8. The van der Waals surface area contributed by atoms with Crippen LogP contribution in [0, 0.1) is 25.7 Å². The Hall–Kier alpha value is -3.35. The van der Waals surface area contributed by atoms with Gasteiger partial charge in [0.15, 0.2) is 6.61 Å². The zero-order chi connectivity index (χ0) is 23.3. The van der Waals surface area contributed by atoms with E-state index in [2.05, 4.69) is 19.1 Å². The van der Waals surface area contributed by atoms with E-state index < -0.39 is 0 Å². The van der Waals surface area contributed by atoms with Gasteiger partial charge in [-0.25, -0.2) is 0 Å². The molecule has 2 aliphatic rings. The van der Waals surface area contributed by atoms with Crippen molar-refractivity contribution in [2.24, 2.45) is 11.8 Å². The molecule has 2 aliphatic heterocycles. The maximum Gasteiger partial charge on any atom is 0.290 e. The quantitative estimate of drug-likeness (QED) is 0.742. The molecule has 2 saturated heterocycles. The summed E-state index contributed by atoms with van der Waals surface area (Å²) in [5.41, 5.74) is 3.55. The Morgan fingerprint density at radius 2 is 1.72 bits per heavy atom. The van der Waals surface area contributed by atoms with Crippen LogP contribution in [0.2, 0.25) is 0 Å². The monoisotopic (exact) mass is 438 g/mol. The first-order valence-corrected chi connectivity index (χ1v) is 10.7. The van der Waals surface area contributed by atoms with Gasteiger partial charge in [-0.05, 0) is 37.1 Å². The van der Waals surface area contributed by atoms with E-state index in [-0.39, 0.29) is 36.9 Å². The van der Waals surface area contributed by atoms with Crippen molar-refractivity contribution >= 4 is 18.3 Å². The maximum atomic E-state index is 12.8. The molecule has 2 aromatic rings. The van der Waals surface area contributed by atoms with Crippen LogP contribution in [0.5, 0.6) is 5.75 Å². The highest BCUT2D eigenvalue weighted by atomic mass is 16.5. The van der Waals surface area contributed by atoms with Crippen molar-refractivity contribution < 1.29 is 24.2 Å². The van der Waals surface area contributed by atoms with Gasteiger partial charge in [0.25, 0.3) is 12.4 Å². The number of aryl methyl sites for hydroxylation is 2. The number of fused-ring (bicyclic) bond motifs is 1. The molecule has 2 amide bonds. The summed E-state index contributed by atoms with van der Waals surface area (Å²) in [5.74, 6) is 1.41. The van der Waals surface area contributed by atoms with E-state index in [0.29, 0.717) is 31.3 Å². The predicted octanol–water partition coefficient (Wildman–Crippen LogP) is 3.06. The Morgan fingerprint density at radius 1 is 1.06 bits per heavy atom. The summed E-state index contributed by atoms with van der Waals surface area (Å²) in [5, 5.41) is 6.89. The van der Waals surface area contributed by atoms with Gasteiger partial charge in [-0.2, -0.15) is 0 Å². The molecule has 0 radical (unpaired) electrons. The average molecular weight is 439 g/mol. The standard InChI is InChI=1S/C24H28N2O3.CH2O2/c1-16-8-10-20(11-9-16)29-15-23(28)25-12-19-13-26(18(3)27)24(22(19)14-25)21-7-5-4-6-17(21)2;2-1-3/h4-11,19,22,24H,12-15H2,1-3H3;1H,(H,2,3)/t19-,22-,24+;/m1./s1. The molecule has 2 heterocycles.